The molecule has 0 aliphatic heterocycles. The minimum atomic E-state index is -0.758. The Bertz CT molecular complexity index is 670. The van der Waals surface area contributed by atoms with Crippen molar-refractivity contribution in [2.75, 3.05) is 19.0 Å². The van der Waals surface area contributed by atoms with Crippen LogP contribution in [0.1, 0.15) is 12.5 Å². The molecule has 0 heterocycles. The van der Waals surface area contributed by atoms with E-state index in [1.807, 2.05) is 30.3 Å². The first-order valence-corrected chi connectivity index (χ1v) is 8.24. The van der Waals surface area contributed by atoms with E-state index in [-0.39, 0.29) is 6.61 Å². The highest BCUT2D eigenvalue weighted by molar-refractivity contribution is 5.83. The number of anilines is 1. The van der Waals surface area contributed by atoms with Gasteiger partial charge in [-0.2, -0.15) is 0 Å². The molecule has 5 nitrogen and oxygen atoms in total. The maximum atomic E-state index is 12.4. The third kappa shape index (κ3) is 5.35. The van der Waals surface area contributed by atoms with E-state index >= 15 is 0 Å². The molecule has 132 valence electrons. The Labute approximate surface area is 148 Å². The van der Waals surface area contributed by atoms with Gasteiger partial charge in [0.15, 0.2) is 0 Å². The Morgan fingerprint density at radius 2 is 1.80 bits per heavy atom. The van der Waals surface area contributed by atoms with Gasteiger partial charge in [0.25, 0.3) is 0 Å². The van der Waals surface area contributed by atoms with Crippen LogP contribution in [0.2, 0.25) is 0 Å². The third-order valence-corrected chi connectivity index (χ3v) is 3.87. The minimum absolute atomic E-state index is 0.260. The van der Waals surface area contributed by atoms with Crippen LogP contribution in [-0.4, -0.2) is 32.0 Å². The second-order valence-corrected chi connectivity index (χ2v) is 5.59. The van der Waals surface area contributed by atoms with Crippen LogP contribution in [0.5, 0.6) is 5.75 Å². The summed E-state index contributed by atoms with van der Waals surface area (Å²) in [5, 5.41) is 3.12. The second-order valence-electron chi connectivity index (χ2n) is 5.59. The molecule has 0 saturated carbocycles. The van der Waals surface area contributed by atoms with Crippen LogP contribution in [0.25, 0.3) is 0 Å². The number of carbonyl (C=O) groups excluding carboxylic acids is 2. The largest absolute Gasteiger partial charge is 0.497 e. The highest BCUT2D eigenvalue weighted by Crippen LogP contribution is 2.20. The zero-order valence-corrected chi connectivity index (χ0v) is 14.5. The van der Waals surface area contributed by atoms with Crippen molar-refractivity contribution >= 4 is 17.9 Å². The van der Waals surface area contributed by atoms with Crippen LogP contribution in [0.15, 0.2) is 54.6 Å². The van der Waals surface area contributed by atoms with Crippen LogP contribution in [0, 0.1) is 5.92 Å². The van der Waals surface area contributed by atoms with Crippen molar-refractivity contribution in [2.45, 2.75) is 19.4 Å². The summed E-state index contributed by atoms with van der Waals surface area (Å²) in [6.07, 6.45) is 1.27. The van der Waals surface area contributed by atoms with Gasteiger partial charge in [-0.05, 0) is 43.2 Å². The second kappa shape index (κ2) is 9.47. The number of hydrogen-bond acceptors (Lipinski definition) is 5. The zero-order valence-electron chi connectivity index (χ0n) is 14.5. The molecule has 0 amide bonds. The lowest BCUT2D eigenvalue weighted by Crippen LogP contribution is -2.40. The third-order valence-electron chi connectivity index (χ3n) is 3.87. The molecule has 5 heteroatoms. The Morgan fingerprint density at radius 1 is 1.12 bits per heavy atom. The van der Waals surface area contributed by atoms with Gasteiger partial charge < -0.3 is 19.6 Å². The average molecular weight is 341 g/mol. The number of carbonyl (C=O) groups is 2. The highest BCUT2D eigenvalue weighted by Gasteiger charge is 2.29. The van der Waals surface area contributed by atoms with Crippen LogP contribution in [-0.2, 0) is 20.7 Å². The standard InChI is InChI=1S/C20H23NO4/c1-3-25-20(23)19(21-17-9-11-18(24-2)12-10-17)16(14-22)13-15-7-5-4-6-8-15/h4-12,14,16,19,21H,3,13H2,1-2H3/t16-,19+/m1/s1. The molecule has 25 heavy (non-hydrogen) atoms. The van der Waals surface area contributed by atoms with Gasteiger partial charge in [0.05, 0.1) is 13.7 Å². The van der Waals surface area contributed by atoms with E-state index in [0.29, 0.717) is 6.42 Å². The minimum Gasteiger partial charge on any atom is -0.497 e. The van der Waals surface area contributed by atoms with E-state index in [2.05, 4.69) is 5.32 Å². The Hall–Kier alpha value is -2.82. The number of hydrogen-bond donors (Lipinski definition) is 1. The van der Waals surface area contributed by atoms with Gasteiger partial charge in [0.1, 0.15) is 18.1 Å². The van der Waals surface area contributed by atoms with Crippen molar-refractivity contribution < 1.29 is 19.1 Å². The van der Waals surface area contributed by atoms with Crippen molar-refractivity contribution in [3.8, 4) is 5.75 Å². The van der Waals surface area contributed by atoms with Gasteiger partial charge >= 0.3 is 5.97 Å². The van der Waals surface area contributed by atoms with Gasteiger partial charge in [0.2, 0.25) is 0 Å². The predicted octanol–water partition coefficient (Wildman–Crippen LogP) is 3.10. The fourth-order valence-corrected chi connectivity index (χ4v) is 2.57. The van der Waals surface area contributed by atoms with E-state index in [9.17, 15) is 9.59 Å². The number of benzene rings is 2. The fraction of sp³-hybridized carbons (Fsp3) is 0.300. The molecule has 0 spiro atoms. The first-order valence-electron chi connectivity index (χ1n) is 8.24. The lowest BCUT2D eigenvalue weighted by molar-refractivity contribution is -0.146. The van der Waals surface area contributed by atoms with Crippen molar-refractivity contribution in [1.29, 1.82) is 0 Å². The lowest BCUT2D eigenvalue weighted by Gasteiger charge is -2.23. The number of esters is 1. The molecule has 0 saturated heterocycles. The molecule has 0 aromatic heterocycles. The normalized spacial score (nSPS) is 12.7. The fourth-order valence-electron chi connectivity index (χ4n) is 2.57. The van der Waals surface area contributed by atoms with Gasteiger partial charge in [-0.1, -0.05) is 30.3 Å². The van der Waals surface area contributed by atoms with Crippen LogP contribution in [0.3, 0.4) is 0 Å². The van der Waals surface area contributed by atoms with Gasteiger partial charge in [0, 0.05) is 11.6 Å². The summed E-state index contributed by atoms with van der Waals surface area (Å²) in [6, 6.07) is 16.0. The summed E-state index contributed by atoms with van der Waals surface area (Å²) in [5.41, 5.74) is 1.71. The Kier molecular flexibility index (Phi) is 7.01. The maximum absolute atomic E-state index is 12.4. The van der Waals surface area contributed by atoms with E-state index < -0.39 is 17.9 Å². The maximum Gasteiger partial charge on any atom is 0.329 e. The molecule has 2 aromatic rings. The molecule has 2 aromatic carbocycles. The van der Waals surface area contributed by atoms with Crippen molar-refractivity contribution in [1.82, 2.24) is 0 Å². The Balaban J connectivity index is 2.20. The molecule has 0 aliphatic rings. The van der Waals surface area contributed by atoms with Crippen molar-refractivity contribution in [3.63, 3.8) is 0 Å². The average Bonchev–Trinajstić information content (AvgIpc) is 2.66. The van der Waals surface area contributed by atoms with E-state index in [4.69, 9.17) is 9.47 Å². The number of nitrogens with one attached hydrogen (secondary N) is 1. The number of rotatable bonds is 9. The molecule has 0 radical (unpaired) electrons. The van der Waals surface area contributed by atoms with Crippen LogP contribution >= 0.6 is 0 Å². The smallest absolute Gasteiger partial charge is 0.329 e. The quantitative estimate of drug-likeness (QED) is 0.561. The number of methoxy groups -OCH3 is 1. The molecular formula is C20H23NO4. The summed E-state index contributed by atoms with van der Waals surface area (Å²) >= 11 is 0. The highest BCUT2D eigenvalue weighted by atomic mass is 16.5. The monoisotopic (exact) mass is 341 g/mol. The summed E-state index contributed by atoms with van der Waals surface area (Å²) in [5.74, 6) is -0.260. The van der Waals surface area contributed by atoms with Crippen molar-refractivity contribution in [2.24, 2.45) is 5.92 Å². The molecule has 2 atom stereocenters. The molecule has 0 aliphatic carbocycles. The van der Waals surface area contributed by atoms with Crippen LogP contribution in [0.4, 0.5) is 5.69 Å². The summed E-state index contributed by atoms with van der Waals surface area (Å²) in [7, 11) is 1.59. The molecule has 1 N–H and O–H groups in total. The summed E-state index contributed by atoms with van der Waals surface area (Å²) in [4.78, 5) is 24.1. The van der Waals surface area contributed by atoms with Gasteiger partial charge in [-0.3, -0.25) is 0 Å². The molecule has 0 fully saturated rings. The lowest BCUT2D eigenvalue weighted by atomic mass is 9.93. The zero-order chi connectivity index (χ0) is 18.1. The SMILES string of the molecule is CCOC(=O)[C@@H](Nc1ccc(OC)cc1)[C@@H](C=O)Cc1ccccc1. The van der Waals surface area contributed by atoms with Gasteiger partial charge in [-0.25, -0.2) is 4.79 Å². The number of aldehydes is 1. The number of ether oxygens (including phenoxy) is 2. The van der Waals surface area contributed by atoms with E-state index in [1.54, 1.807) is 38.3 Å². The van der Waals surface area contributed by atoms with E-state index in [1.165, 1.54) is 0 Å². The topological polar surface area (TPSA) is 64.6 Å². The summed E-state index contributed by atoms with van der Waals surface area (Å²) < 4.78 is 10.3. The summed E-state index contributed by atoms with van der Waals surface area (Å²) in [6.45, 7) is 2.01. The molecule has 0 unspecified atom stereocenters. The molecular weight excluding hydrogens is 318 g/mol. The molecule has 2 rings (SSSR count). The van der Waals surface area contributed by atoms with Crippen LogP contribution < -0.4 is 10.1 Å². The van der Waals surface area contributed by atoms with E-state index in [0.717, 1.165) is 23.3 Å². The Morgan fingerprint density at radius 3 is 2.36 bits per heavy atom. The first-order chi connectivity index (χ1) is 12.2. The van der Waals surface area contributed by atoms with Gasteiger partial charge in [-0.15, -0.1) is 0 Å². The predicted molar refractivity (Wildman–Crippen MR) is 96.7 cm³/mol. The first kappa shape index (κ1) is 18.5. The van der Waals surface area contributed by atoms with Crippen molar-refractivity contribution in [3.05, 3.63) is 60.2 Å². The molecule has 0 bridgehead atoms.